The first kappa shape index (κ1) is 17.1. The topological polar surface area (TPSA) is 40.5 Å². The van der Waals surface area contributed by atoms with Crippen LogP contribution in [-0.2, 0) is 6.42 Å². The Morgan fingerprint density at radius 2 is 1.00 bits per heavy atom. The first-order chi connectivity index (χ1) is 9.73. The second-order valence-corrected chi connectivity index (χ2v) is 6.52. The Labute approximate surface area is 152 Å². The summed E-state index contributed by atoms with van der Waals surface area (Å²) in [5.41, 5.74) is 0.425. The van der Waals surface area contributed by atoms with Gasteiger partial charge in [-0.1, -0.05) is 69.6 Å². The molecular formula is C13H7Cl6O2+. The summed E-state index contributed by atoms with van der Waals surface area (Å²) < 4.78 is 0. The van der Waals surface area contributed by atoms with E-state index in [0.717, 1.165) is 0 Å². The summed E-state index contributed by atoms with van der Waals surface area (Å²) in [5.74, 6) is -0.504. The molecule has 2 rings (SSSR count). The molecule has 112 valence electrons. The minimum Gasteiger partial charge on any atom is -0.506 e. The minimum atomic E-state index is -0.252. The minimum absolute atomic E-state index is 0. The molecule has 0 amide bonds. The van der Waals surface area contributed by atoms with Gasteiger partial charge in [0, 0.05) is 17.5 Å². The highest BCUT2D eigenvalue weighted by Gasteiger charge is 2.20. The lowest BCUT2D eigenvalue weighted by molar-refractivity contribution is 0.463. The summed E-state index contributed by atoms with van der Waals surface area (Å²) in [6, 6.07) is 2.63. The zero-order valence-corrected chi connectivity index (χ0v) is 14.6. The molecule has 0 bridgehead atoms. The number of rotatable bonds is 2. The zero-order valence-electron chi connectivity index (χ0n) is 11.0. The number of phenols is 2. The van der Waals surface area contributed by atoms with Gasteiger partial charge in [-0.2, -0.15) is 0 Å². The number of hydrogen-bond donors (Lipinski definition) is 2. The summed E-state index contributed by atoms with van der Waals surface area (Å²) >= 11 is 35.7. The Bertz CT molecular complexity index is 621. The number of aromatic hydroxyl groups is 2. The highest BCUT2D eigenvalue weighted by molar-refractivity contribution is 6.45. The van der Waals surface area contributed by atoms with E-state index in [4.69, 9.17) is 69.6 Å². The molecule has 8 heteroatoms. The van der Waals surface area contributed by atoms with E-state index < -0.39 is 0 Å². The van der Waals surface area contributed by atoms with Crippen LogP contribution in [0, 0.1) is 0 Å². The maximum atomic E-state index is 10.0. The van der Waals surface area contributed by atoms with E-state index in [1.165, 1.54) is 12.1 Å². The van der Waals surface area contributed by atoms with Crippen molar-refractivity contribution in [2.24, 2.45) is 0 Å². The van der Waals surface area contributed by atoms with E-state index in [9.17, 15) is 10.2 Å². The fourth-order valence-corrected chi connectivity index (χ4v) is 3.20. The van der Waals surface area contributed by atoms with Gasteiger partial charge in [-0.15, -0.1) is 0 Å². The van der Waals surface area contributed by atoms with Gasteiger partial charge in [0.2, 0.25) is 0 Å². The fourth-order valence-electron chi connectivity index (χ4n) is 1.77. The third kappa shape index (κ3) is 3.26. The van der Waals surface area contributed by atoms with Gasteiger partial charge in [0.15, 0.2) is 0 Å². The Kier molecular flexibility index (Phi) is 5.30. The van der Waals surface area contributed by atoms with Crippen LogP contribution >= 0.6 is 69.6 Å². The molecule has 0 aliphatic carbocycles. The molecule has 2 N–H and O–H groups in total. The molecule has 0 fully saturated rings. The fraction of sp³-hybridized carbons (Fsp3) is 0.0769. The Morgan fingerprint density at radius 1 is 0.667 bits per heavy atom. The smallest absolute Gasteiger partial charge is 0.506 e. The van der Waals surface area contributed by atoms with Crippen LogP contribution in [0.3, 0.4) is 0 Å². The van der Waals surface area contributed by atoms with Gasteiger partial charge in [0.1, 0.15) is 11.5 Å². The maximum Gasteiger partial charge on any atom is 1.00 e. The molecule has 0 atom stereocenters. The van der Waals surface area contributed by atoms with Gasteiger partial charge >= 0.3 is 1.43 Å². The highest BCUT2D eigenvalue weighted by atomic mass is 35.5. The predicted molar refractivity (Wildman–Crippen MR) is 90.2 cm³/mol. The van der Waals surface area contributed by atoms with Gasteiger partial charge in [-0.25, -0.2) is 0 Å². The van der Waals surface area contributed by atoms with E-state index in [1.807, 2.05) is 0 Å². The van der Waals surface area contributed by atoms with Crippen molar-refractivity contribution in [1.29, 1.82) is 0 Å². The lowest BCUT2D eigenvalue weighted by Gasteiger charge is -2.14. The van der Waals surface area contributed by atoms with E-state index in [1.54, 1.807) is 0 Å². The molecule has 0 aliphatic rings. The van der Waals surface area contributed by atoms with Crippen molar-refractivity contribution in [2.45, 2.75) is 6.42 Å². The molecule has 21 heavy (non-hydrogen) atoms. The summed E-state index contributed by atoms with van der Waals surface area (Å²) in [4.78, 5) is 0. The first-order valence-corrected chi connectivity index (χ1v) is 7.71. The van der Waals surface area contributed by atoms with E-state index in [0.29, 0.717) is 0 Å². The van der Waals surface area contributed by atoms with Crippen LogP contribution in [0.15, 0.2) is 12.1 Å². The van der Waals surface area contributed by atoms with Crippen LogP contribution in [0.1, 0.15) is 12.6 Å². The zero-order chi connectivity index (χ0) is 15.9. The van der Waals surface area contributed by atoms with Crippen molar-refractivity contribution in [3.63, 3.8) is 0 Å². The van der Waals surface area contributed by atoms with Gasteiger partial charge in [0.25, 0.3) is 0 Å². The average molecular weight is 408 g/mol. The first-order valence-electron chi connectivity index (χ1n) is 5.44. The van der Waals surface area contributed by atoms with Crippen molar-refractivity contribution in [3.8, 4) is 11.5 Å². The average Bonchev–Trinajstić information content (AvgIpc) is 2.42. The molecule has 0 aromatic heterocycles. The van der Waals surface area contributed by atoms with Gasteiger partial charge in [-0.3, -0.25) is 0 Å². The summed E-state index contributed by atoms with van der Waals surface area (Å²) in [7, 11) is 0. The SMILES string of the molecule is Oc1c(Cl)cc(Cl)c(Cl)c1Cc1c(O)c(Cl)cc(Cl)c1Cl.[H+]. The molecule has 0 unspecified atom stereocenters. The Balaban J connectivity index is 0.00000242. The molecule has 2 nitrogen and oxygen atoms in total. The van der Waals surface area contributed by atoms with Crippen molar-refractivity contribution in [1.82, 2.24) is 0 Å². The number of phenolic OH excluding ortho intramolecular Hbond substituents is 2. The standard InChI is InChI=1S/C13H6Cl6O2/c14-6-2-8(16)12(20)4(10(6)18)1-5-11(19)7(15)3-9(17)13(5)21/h2-3,20-21H,1H2/p+1. The molecule has 0 aliphatic heterocycles. The van der Waals surface area contributed by atoms with E-state index in [-0.39, 0.29) is 60.6 Å². The van der Waals surface area contributed by atoms with Gasteiger partial charge in [-0.05, 0) is 12.1 Å². The Hall–Kier alpha value is -0.220. The van der Waals surface area contributed by atoms with Crippen molar-refractivity contribution in [2.75, 3.05) is 0 Å². The molecule has 0 heterocycles. The monoisotopic (exact) mass is 405 g/mol. The quantitative estimate of drug-likeness (QED) is 0.542. The van der Waals surface area contributed by atoms with Crippen LogP contribution in [0.5, 0.6) is 11.5 Å². The molecule has 2 aromatic rings. The van der Waals surface area contributed by atoms with E-state index in [2.05, 4.69) is 0 Å². The second-order valence-electron chi connectivity index (χ2n) is 4.14. The second kappa shape index (κ2) is 6.49. The molecule has 2 aromatic carbocycles. The summed E-state index contributed by atoms with van der Waals surface area (Å²) in [6.07, 6.45) is -0.0457. The lowest BCUT2D eigenvalue weighted by atomic mass is 10.0. The van der Waals surface area contributed by atoms with Crippen LogP contribution in [0.25, 0.3) is 0 Å². The van der Waals surface area contributed by atoms with E-state index >= 15 is 0 Å². The van der Waals surface area contributed by atoms with Crippen molar-refractivity contribution >= 4 is 69.6 Å². The van der Waals surface area contributed by atoms with Crippen LogP contribution in [0.2, 0.25) is 30.1 Å². The largest absolute Gasteiger partial charge is 1.00 e. The van der Waals surface area contributed by atoms with Crippen molar-refractivity contribution in [3.05, 3.63) is 53.4 Å². The maximum absolute atomic E-state index is 10.0. The molecule has 0 radical (unpaired) electrons. The van der Waals surface area contributed by atoms with Crippen molar-refractivity contribution < 1.29 is 11.6 Å². The third-order valence-corrected chi connectivity index (χ3v) is 5.06. The Morgan fingerprint density at radius 3 is 1.33 bits per heavy atom. The van der Waals surface area contributed by atoms with Crippen LogP contribution in [0.4, 0.5) is 0 Å². The molecule has 0 spiro atoms. The third-order valence-electron chi connectivity index (χ3n) is 2.83. The highest BCUT2D eigenvalue weighted by Crippen LogP contribution is 2.44. The van der Waals surface area contributed by atoms with Gasteiger partial charge in [0.05, 0.1) is 30.1 Å². The summed E-state index contributed by atoms with van der Waals surface area (Å²) in [5, 5.41) is 20.6. The molecule has 0 saturated heterocycles. The van der Waals surface area contributed by atoms with Crippen LogP contribution < -0.4 is 0 Å². The van der Waals surface area contributed by atoms with Crippen LogP contribution in [-0.4, -0.2) is 10.2 Å². The predicted octanol–water partition coefficient (Wildman–Crippen LogP) is 6.72. The molecule has 0 saturated carbocycles. The summed E-state index contributed by atoms with van der Waals surface area (Å²) in [6.45, 7) is 0. The number of benzene rings is 2. The number of hydrogen-bond acceptors (Lipinski definition) is 2. The molecular weight excluding hydrogens is 401 g/mol. The lowest BCUT2D eigenvalue weighted by Crippen LogP contribution is -1.95. The normalized spacial score (nSPS) is 11.0. The van der Waals surface area contributed by atoms with Gasteiger partial charge < -0.3 is 10.2 Å². The number of halogens is 6.